The van der Waals surface area contributed by atoms with Crippen LogP contribution in [0.15, 0.2) is 18.2 Å². The van der Waals surface area contributed by atoms with Crippen molar-refractivity contribution in [3.63, 3.8) is 0 Å². The molecule has 1 saturated heterocycles. The minimum Gasteiger partial charge on any atom is -0.496 e. The molecule has 0 spiro atoms. The summed E-state index contributed by atoms with van der Waals surface area (Å²) in [5.41, 5.74) is 2.45. The van der Waals surface area contributed by atoms with Crippen molar-refractivity contribution in [2.24, 2.45) is 5.92 Å². The third-order valence-electron chi connectivity index (χ3n) is 4.06. The number of rotatable bonds is 5. The van der Waals surface area contributed by atoms with Crippen molar-refractivity contribution in [3.8, 4) is 5.75 Å². The summed E-state index contributed by atoms with van der Waals surface area (Å²) in [6.45, 7) is 6.66. The van der Waals surface area contributed by atoms with Crippen molar-refractivity contribution >= 4 is 0 Å². The van der Waals surface area contributed by atoms with E-state index >= 15 is 0 Å². The Morgan fingerprint density at radius 3 is 2.58 bits per heavy atom. The molecular weight excluding hydrogens is 238 g/mol. The van der Waals surface area contributed by atoms with Crippen LogP contribution in [0.25, 0.3) is 0 Å². The fourth-order valence-corrected chi connectivity index (χ4v) is 3.07. The number of aliphatic hydroxyl groups excluding tert-OH is 1. The Hall–Kier alpha value is -1.06. The van der Waals surface area contributed by atoms with Gasteiger partial charge in [0.1, 0.15) is 5.75 Å². The summed E-state index contributed by atoms with van der Waals surface area (Å²) in [6, 6.07) is 6.57. The molecule has 0 aliphatic carbocycles. The largest absolute Gasteiger partial charge is 0.496 e. The van der Waals surface area contributed by atoms with E-state index in [2.05, 4.69) is 30.9 Å². The first-order valence-electron chi connectivity index (χ1n) is 7.16. The second kappa shape index (κ2) is 6.40. The van der Waals surface area contributed by atoms with Gasteiger partial charge in [-0.05, 0) is 44.8 Å². The molecule has 0 saturated carbocycles. The summed E-state index contributed by atoms with van der Waals surface area (Å²) < 4.78 is 5.53. The van der Waals surface area contributed by atoms with E-state index in [-0.39, 0.29) is 18.6 Å². The number of benzene rings is 1. The van der Waals surface area contributed by atoms with Gasteiger partial charge in [0.2, 0.25) is 0 Å². The molecular formula is C16H25NO2. The zero-order chi connectivity index (χ0) is 13.8. The quantitative estimate of drug-likeness (QED) is 0.886. The standard InChI is InChI=1S/C16H25NO2/c1-12-6-7-15(19-3)14(10-12)16(13(2)11-18)17-8-4-5-9-17/h6-7,10,13,16,18H,4-5,8-9,11H2,1-3H3. The van der Waals surface area contributed by atoms with E-state index in [1.807, 2.05) is 6.07 Å². The SMILES string of the molecule is COc1ccc(C)cc1C(C(C)CO)N1CCCC1. The maximum atomic E-state index is 9.59. The van der Waals surface area contributed by atoms with Gasteiger partial charge in [0, 0.05) is 18.2 Å². The monoisotopic (exact) mass is 263 g/mol. The Balaban J connectivity index is 2.38. The first-order chi connectivity index (χ1) is 9.17. The Kier molecular flexibility index (Phi) is 4.83. The van der Waals surface area contributed by atoms with Gasteiger partial charge in [0.05, 0.1) is 7.11 Å². The molecule has 2 atom stereocenters. The van der Waals surface area contributed by atoms with Crippen LogP contribution in [0, 0.1) is 12.8 Å². The number of aliphatic hydroxyl groups is 1. The fraction of sp³-hybridized carbons (Fsp3) is 0.625. The molecule has 1 aliphatic rings. The molecule has 0 bridgehead atoms. The molecule has 3 heteroatoms. The third kappa shape index (κ3) is 3.10. The summed E-state index contributed by atoms with van der Waals surface area (Å²) >= 11 is 0. The maximum Gasteiger partial charge on any atom is 0.123 e. The summed E-state index contributed by atoms with van der Waals surface area (Å²) in [4.78, 5) is 2.48. The molecule has 1 fully saturated rings. The summed E-state index contributed by atoms with van der Waals surface area (Å²) in [5.74, 6) is 1.15. The predicted molar refractivity (Wildman–Crippen MR) is 77.5 cm³/mol. The van der Waals surface area contributed by atoms with Crippen molar-refractivity contribution in [1.82, 2.24) is 4.90 Å². The molecule has 19 heavy (non-hydrogen) atoms. The highest BCUT2D eigenvalue weighted by Gasteiger charge is 2.30. The Morgan fingerprint density at radius 2 is 2.00 bits per heavy atom. The molecule has 2 unspecified atom stereocenters. The van der Waals surface area contributed by atoms with Crippen molar-refractivity contribution < 1.29 is 9.84 Å². The summed E-state index contributed by atoms with van der Waals surface area (Å²) in [7, 11) is 1.72. The zero-order valence-electron chi connectivity index (χ0n) is 12.2. The minimum absolute atomic E-state index is 0.207. The number of methoxy groups -OCH3 is 1. The van der Waals surface area contributed by atoms with Crippen molar-refractivity contribution in [2.45, 2.75) is 32.7 Å². The van der Waals surface area contributed by atoms with Crippen molar-refractivity contribution in [3.05, 3.63) is 29.3 Å². The van der Waals surface area contributed by atoms with E-state index in [0.29, 0.717) is 0 Å². The smallest absolute Gasteiger partial charge is 0.123 e. The molecule has 1 heterocycles. The number of hydrogen-bond donors (Lipinski definition) is 1. The van der Waals surface area contributed by atoms with Gasteiger partial charge in [-0.2, -0.15) is 0 Å². The lowest BCUT2D eigenvalue weighted by Crippen LogP contribution is -2.32. The van der Waals surface area contributed by atoms with E-state index in [1.165, 1.54) is 24.0 Å². The molecule has 1 aromatic rings. The molecule has 0 aromatic heterocycles. The molecule has 0 amide bonds. The summed E-state index contributed by atoms with van der Waals surface area (Å²) in [6.07, 6.45) is 2.51. The lowest BCUT2D eigenvalue weighted by Gasteiger charge is -2.33. The first-order valence-corrected chi connectivity index (χ1v) is 7.16. The molecule has 1 aromatic carbocycles. The Morgan fingerprint density at radius 1 is 1.32 bits per heavy atom. The Bertz CT molecular complexity index is 413. The van der Waals surface area contributed by atoms with Crippen LogP contribution in [-0.4, -0.2) is 36.8 Å². The second-order valence-corrected chi connectivity index (χ2v) is 5.59. The normalized spacial score (nSPS) is 19.4. The van der Waals surface area contributed by atoms with E-state index < -0.39 is 0 Å². The van der Waals surface area contributed by atoms with Crippen LogP contribution in [0.2, 0.25) is 0 Å². The number of aryl methyl sites for hydroxylation is 1. The number of likely N-dealkylation sites (tertiary alicyclic amines) is 1. The van der Waals surface area contributed by atoms with Gasteiger partial charge in [-0.3, -0.25) is 4.90 Å². The number of ether oxygens (including phenoxy) is 1. The highest BCUT2D eigenvalue weighted by molar-refractivity contribution is 5.39. The second-order valence-electron chi connectivity index (χ2n) is 5.59. The maximum absolute atomic E-state index is 9.59. The summed E-state index contributed by atoms with van der Waals surface area (Å²) in [5, 5.41) is 9.59. The average molecular weight is 263 g/mol. The Labute approximate surface area is 116 Å². The van der Waals surface area contributed by atoms with E-state index in [0.717, 1.165) is 18.8 Å². The lowest BCUT2D eigenvalue weighted by atomic mass is 9.92. The van der Waals surface area contributed by atoms with Gasteiger partial charge >= 0.3 is 0 Å². The van der Waals surface area contributed by atoms with Crippen molar-refractivity contribution in [2.75, 3.05) is 26.8 Å². The fourth-order valence-electron chi connectivity index (χ4n) is 3.07. The first kappa shape index (κ1) is 14.4. The van der Waals surface area contributed by atoms with Gasteiger partial charge in [0.15, 0.2) is 0 Å². The molecule has 2 rings (SSSR count). The van der Waals surface area contributed by atoms with Crippen LogP contribution in [0.3, 0.4) is 0 Å². The highest BCUT2D eigenvalue weighted by atomic mass is 16.5. The molecule has 106 valence electrons. The molecule has 0 radical (unpaired) electrons. The molecule has 1 aliphatic heterocycles. The molecule has 1 N–H and O–H groups in total. The van der Waals surface area contributed by atoms with Gasteiger partial charge < -0.3 is 9.84 Å². The van der Waals surface area contributed by atoms with Crippen LogP contribution in [0.4, 0.5) is 0 Å². The van der Waals surface area contributed by atoms with Crippen LogP contribution >= 0.6 is 0 Å². The van der Waals surface area contributed by atoms with Crippen LogP contribution in [-0.2, 0) is 0 Å². The molecule has 3 nitrogen and oxygen atoms in total. The van der Waals surface area contributed by atoms with Crippen LogP contribution in [0.1, 0.15) is 36.9 Å². The minimum atomic E-state index is 0.207. The topological polar surface area (TPSA) is 32.7 Å². The predicted octanol–water partition coefficient (Wildman–Crippen LogP) is 2.77. The number of hydrogen-bond acceptors (Lipinski definition) is 3. The van der Waals surface area contributed by atoms with Crippen LogP contribution in [0.5, 0.6) is 5.75 Å². The van der Waals surface area contributed by atoms with E-state index in [4.69, 9.17) is 4.74 Å². The van der Waals surface area contributed by atoms with Crippen LogP contribution < -0.4 is 4.74 Å². The zero-order valence-corrected chi connectivity index (χ0v) is 12.2. The van der Waals surface area contributed by atoms with E-state index in [1.54, 1.807) is 7.11 Å². The lowest BCUT2D eigenvalue weighted by molar-refractivity contribution is 0.124. The average Bonchev–Trinajstić information content (AvgIpc) is 2.93. The number of nitrogens with zero attached hydrogens (tertiary/aromatic N) is 1. The van der Waals surface area contributed by atoms with Crippen molar-refractivity contribution in [1.29, 1.82) is 0 Å². The third-order valence-corrected chi connectivity index (χ3v) is 4.06. The van der Waals surface area contributed by atoms with E-state index in [9.17, 15) is 5.11 Å². The highest BCUT2D eigenvalue weighted by Crippen LogP contribution is 2.37. The van der Waals surface area contributed by atoms with Gasteiger partial charge in [-0.15, -0.1) is 0 Å². The van der Waals surface area contributed by atoms with Gasteiger partial charge in [-0.25, -0.2) is 0 Å². The van der Waals surface area contributed by atoms with Gasteiger partial charge in [0.25, 0.3) is 0 Å². The van der Waals surface area contributed by atoms with Gasteiger partial charge in [-0.1, -0.05) is 24.6 Å².